The molecule has 2 N–H and O–H groups in total. The van der Waals surface area contributed by atoms with Crippen LogP contribution in [0.15, 0.2) is 14.5 Å². The number of rotatable bonds is 14. The number of ether oxygens (including phenoxy) is 1. The summed E-state index contributed by atoms with van der Waals surface area (Å²) in [5.41, 5.74) is -2.16. The van der Waals surface area contributed by atoms with E-state index in [4.69, 9.17) is 4.74 Å². The van der Waals surface area contributed by atoms with E-state index in [9.17, 15) is 26.4 Å². The first-order chi connectivity index (χ1) is 17.1. The SMILES string of the molecule is CCNC1C[C@H](C)S(=O)(=O)c2sc(S(=O)(=O)NC(CC)(CC)C(=O)C(C)OC(CC)(CC)C(C)=O)cc21. The molecule has 0 saturated carbocycles. The maximum absolute atomic E-state index is 13.7. The summed E-state index contributed by atoms with van der Waals surface area (Å²) in [7, 11) is -7.92. The van der Waals surface area contributed by atoms with Crippen molar-refractivity contribution in [3.05, 3.63) is 11.6 Å². The first-order valence-electron chi connectivity index (χ1n) is 13.0. The van der Waals surface area contributed by atoms with E-state index < -0.39 is 48.1 Å². The van der Waals surface area contributed by atoms with Crippen molar-refractivity contribution in [2.24, 2.45) is 0 Å². The molecule has 0 amide bonds. The zero-order valence-corrected chi connectivity index (χ0v) is 25.6. The lowest BCUT2D eigenvalue weighted by atomic mass is 9.85. The van der Waals surface area contributed by atoms with Gasteiger partial charge in [-0.25, -0.2) is 16.8 Å². The fourth-order valence-corrected chi connectivity index (χ4v) is 10.6. The van der Waals surface area contributed by atoms with Gasteiger partial charge in [0, 0.05) is 11.6 Å². The molecule has 0 saturated heterocycles. The molecule has 3 atom stereocenters. The minimum Gasteiger partial charge on any atom is -0.356 e. The molecule has 2 heterocycles. The molecule has 1 aromatic rings. The molecule has 0 spiro atoms. The summed E-state index contributed by atoms with van der Waals surface area (Å²) >= 11 is 0.720. The van der Waals surface area contributed by atoms with Crippen LogP contribution in [0.3, 0.4) is 0 Å². The zero-order chi connectivity index (χ0) is 28.4. The van der Waals surface area contributed by atoms with Crippen LogP contribution >= 0.6 is 11.3 Å². The van der Waals surface area contributed by atoms with E-state index >= 15 is 0 Å². The highest BCUT2D eigenvalue weighted by Crippen LogP contribution is 2.43. The Bertz CT molecular complexity index is 1200. The van der Waals surface area contributed by atoms with Crippen LogP contribution in [0.4, 0.5) is 0 Å². The summed E-state index contributed by atoms with van der Waals surface area (Å²) < 4.78 is 61.8. The summed E-state index contributed by atoms with van der Waals surface area (Å²) in [6, 6.07) is 1.13. The van der Waals surface area contributed by atoms with Crippen molar-refractivity contribution in [3.63, 3.8) is 0 Å². The molecule has 0 bridgehead atoms. The number of hydrogen-bond acceptors (Lipinski definition) is 9. The molecule has 9 nitrogen and oxygen atoms in total. The Balaban J connectivity index is 2.48. The summed E-state index contributed by atoms with van der Waals surface area (Å²) in [5, 5.41) is 2.60. The van der Waals surface area contributed by atoms with Crippen LogP contribution < -0.4 is 10.0 Å². The number of ketones is 2. The van der Waals surface area contributed by atoms with E-state index in [1.54, 1.807) is 27.7 Å². The molecule has 212 valence electrons. The standard InChI is InChI=1S/C25H42N2O7S3/c1-9-24(10-2,22(29)17(7)34-25(11-3,12-4)18(8)28)27-37(32,33)21-15-19-20(26-13-5)14-16(6)36(30,31)23(19)35-21/h15-17,20,26-27H,9-14H2,1-8H3/t16-,17?,20?/m0/s1. The van der Waals surface area contributed by atoms with Crippen molar-refractivity contribution >= 4 is 42.8 Å². The van der Waals surface area contributed by atoms with E-state index in [0.29, 0.717) is 31.4 Å². The topological polar surface area (TPSA) is 136 Å². The van der Waals surface area contributed by atoms with Crippen molar-refractivity contribution in [2.75, 3.05) is 6.54 Å². The zero-order valence-electron chi connectivity index (χ0n) is 23.1. The Morgan fingerprint density at radius 3 is 2.16 bits per heavy atom. The molecule has 37 heavy (non-hydrogen) atoms. The molecule has 0 aromatic carbocycles. The lowest BCUT2D eigenvalue weighted by molar-refractivity contribution is -0.161. The van der Waals surface area contributed by atoms with E-state index in [0.717, 1.165) is 11.3 Å². The second-order valence-electron chi connectivity index (χ2n) is 9.79. The van der Waals surface area contributed by atoms with Gasteiger partial charge in [0.2, 0.25) is 0 Å². The van der Waals surface area contributed by atoms with Gasteiger partial charge < -0.3 is 10.1 Å². The van der Waals surface area contributed by atoms with Gasteiger partial charge in [-0.2, -0.15) is 4.72 Å². The molecule has 0 fully saturated rings. The number of carbonyl (C=O) groups is 2. The third-order valence-electron chi connectivity index (χ3n) is 7.71. The molecule has 0 radical (unpaired) electrons. The number of Topliss-reactive ketones (excluding diaryl/α,β-unsaturated/α-hetero) is 2. The molecule has 1 aromatic heterocycles. The average Bonchev–Trinajstić information content (AvgIpc) is 3.32. The molecule has 1 aliphatic rings. The number of sulfone groups is 1. The molecular formula is C25H42N2O7S3. The number of sulfonamides is 1. The monoisotopic (exact) mass is 578 g/mol. The van der Waals surface area contributed by atoms with E-state index in [2.05, 4.69) is 10.0 Å². The number of fused-ring (bicyclic) bond motifs is 1. The first-order valence-corrected chi connectivity index (χ1v) is 16.8. The van der Waals surface area contributed by atoms with Gasteiger partial charge in [-0.15, -0.1) is 11.3 Å². The summed E-state index contributed by atoms with van der Waals surface area (Å²) in [6.45, 7) is 14.1. The molecule has 2 rings (SSSR count). The Kier molecular flexibility index (Phi) is 10.3. The number of nitrogens with one attached hydrogen (secondary N) is 2. The van der Waals surface area contributed by atoms with Crippen molar-refractivity contribution in [1.82, 2.24) is 10.0 Å². The second kappa shape index (κ2) is 11.9. The average molecular weight is 579 g/mol. The predicted octanol–water partition coefficient (Wildman–Crippen LogP) is 3.92. The molecule has 12 heteroatoms. The van der Waals surface area contributed by atoms with Crippen LogP contribution in [-0.4, -0.2) is 57.4 Å². The van der Waals surface area contributed by atoms with Crippen molar-refractivity contribution in [1.29, 1.82) is 0 Å². The fraction of sp³-hybridized carbons (Fsp3) is 0.760. The van der Waals surface area contributed by atoms with Crippen LogP contribution in [0.2, 0.25) is 0 Å². The van der Waals surface area contributed by atoms with Gasteiger partial charge in [0.05, 0.1) is 10.8 Å². The van der Waals surface area contributed by atoms with Crippen molar-refractivity contribution < 1.29 is 31.2 Å². The van der Waals surface area contributed by atoms with Gasteiger partial charge in [0.15, 0.2) is 21.4 Å². The van der Waals surface area contributed by atoms with Crippen LogP contribution in [0, 0.1) is 0 Å². The highest BCUT2D eigenvalue weighted by molar-refractivity contribution is 7.95. The summed E-state index contributed by atoms with van der Waals surface area (Å²) in [5.74, 6) is -0.659. The van der Waals surface area contributed by atoms with Gasteiger partial charge in [-0.3, -0.25) is 9.59 Å². The highest BCUT2D eigenvalue weighted by atomic mass is 32.3. The normalized spacial score (nSPS) is 20.9. The minimum atomic E-state index is -4.26. The lowest BCUT2D eigenvalue weighted by Crippen LogP contribution is -2.58. The van der Waals surface area contributed by atoms with Gasteiger partial charge in [0.25, 0.3) is 10.0 Å². The van der Waals surface area contributed by atoms with Gasteiger partial charge in [-0.1, -0.05) is 34.6 Å². The van der Waals surface area contributed by atoms with Crippen LogP contribution in [0.25, 0.3) is 0 Å². The van der Waals surface area contributed by atoms with E-state index in [1.165, 1.54) is 13.0 Å². The van der Waals surface area contributed by atoms with Crippen LogP contribution in [0.5, 0.6) is 0 Å². The number of carbonyl (C=O) groups excluding carboxylic acids is 2. The molecule has 2 unspecified atom stereocenters. The van der Waals surface area contributed by atoms with E-state index in [-0.39, 0.29) is 33.1 Å². The van der Waals surface area contributed by atoms with Crippen molar-refractivity contribution in [3.8, 4) is 0 Å². The number of thiophene rings is 1. The highest BCUT2D eigenvalue weighted by Gasteiger charge is 2.46. The minimum absolute atomic E-state index is 0.0522. The lowest BCUT2D eigenvalue weighted by Gasteiger charge is -2.37. The van der Waals surface area contributed by atoms with E-state index in [1.807, 2.05) is 20.8 Å². The van der Waals surface area contributed by atoms with Gasteiger partial charge in [-0.05, 0) is 65.5 Å². The summed E-state index contributed by atoms with van der Waals surface area (Å²) in [6.07, 6.45) is 0.382. The Morgan fingerprint density at radius 2 is 1.70 bits per heavy atom. The Labute approximate surface area is 226 Å². The summed E-state index contributed by atoms with van der Waals surface area (Å²) in [4.78, 5) is 26.0. The third kappa shape index (κ3) is 6.04. The predicted molar refractivity (Wildman–Crippen MR) is 145 cm³/mol. The fourth-order valence-electron chi connectivity index (χ4n) is 5.05. The number of hydrogen-bond donors (Lipinski definition) is 2. The van der Waals surface area contributed by atoms with Gasteiger partial charge in [0.1, 0.15) is 20.1 Å². The molecule has 0 aliphatic carbocycles. The maximum Gasteiger partial charge on any atom is 0.251 e. The quantitative estimate of drug-likeness (QED) is 0.339. The Hall–Kier alpha value is -1.18. The Morgan fingerprint density at radius 1 is 1.14 bits per heavy atom. The largest absolute Gasteiger partial charge is 0.356 e. The third-order valence-corrected chi connectivity index (χ3v) is 13.6. The molecular weight excluding hydrogens is 536 g/mol. The molecule has 1 aliphatic heterocycles. The van der Waals surface area contributed by atoms with Gasteiger partial charge >= 0.3 is 0 Å². The maximum atomic E-state index is 13.7. The van der Waals surface area contributed by atoms with Crippen LogP contribution in [0.1, 0.15) is 99.1 Å². The van der Waals surface area contributed by atoms with Crippen LogP contribution in [-0.2, 0) is 34.2 Å². The van der Waals surface area contributed by atoms with Crippen molar-refractivity contribution in [2.45, 2.75) is 124 Å². The first kappa shape index (κ1) is 32.0. The second-order valence-corrected chi connectivity index (χ2v) is 15.3. The smallest absolute Gasteiger partial charge is 0.251 e.